The first kappa shape index (κ1) is 14.3. The van der Waals surface area contributed by atoms with Crippen molar-refractivity contribution in [3.63, 3.8) is 0 Å². The molecular formula is C13H13ClF3NO. The second-order valence-corrected chi connectivity index (χ2v) is 5.17. The summed E-state index contributed by atoms with van der Waals surface area (Å²) in [7, 11) is 0. The van der Waals surface area contributed by atoms with Crippen molar-refractivity contribution in [3.05, 3.63) is 34.9 Å². The maximum atomic E-state index is 13.2. The van der Waals surface area contributed by atoms with Crippen LogP contribution in [0.2, 0.25) is 5.02 Å². The van der Waals surface area contributed by atoms with Crippen LogP contribution in [0.1, 0.15) is 12.0 Å². The lowest BCUT2D eigenvalue weighted by atomic mass is 9.79. The van der Waals surface area contributed by atoms with Crippen molar-refractivity contribution in [2.24, 2.45) is 5.41 Å². The second-order valence-electron chi connectivity index (χ2n) is 4.73. The zero-order chi connectivity index (χ0) is 14.1. The minimum atomic E-state index is -4.51. The van der Waals surface area contributed by atoms with E-state index in [0.717, 1.165) is 0 Å². The highest BCUT2D eigenvalue weighted by Gasteiger charge is 2.60. The molecule has 19 heavy (non-hydrogen) atoms. The summed E-state index contributed by atoms with van der Waals surface area (Å²) < 4.78 is 39.5. The minimum absolute atomic E-state index is 0.192. The van der Waals surface area contributed by atoms with Gasteiger partial charge in [-0.25, -0.2) is 0 Å². The first-order valence-corrected chi connectivity index (χ1v) is 6.28. The molecule has 0 radical (unpaired) electrons. The van der Waals surface area contributed by atoms with Gasteiger partial charge in [0.25, 0.3) is 0 Å². The summed E-state index contributed by atoms with van der Waals surface area (Å²) in [5.74, 6) is -0.785. The largest absolute Gasteiger partial charge is 0.402 e. The van der Waals surface area contributed by atoms with Gasteiger partial charge < -0.3 is 5.32 Å². The van der Waals surface area contributed by atoms with E-state index >= 15 is 0 Å². The van der Waals surface area contributed by atoms with E-state index in [1.807, 2.05) is 0 Å². The smallest absolute Gasteiger partial charge is 0.315 e. The maximum absolute atomic E-state index is 13.2. The molecule has 1 aliphatic rings. The molecule has 2 nitrogen and oxygen atoms in total. The van der Waals surface area contributed by atoms with Gasteiger partial charge >= 0.3 is 6.18 Å². The third-order valence-corrected chi connectivity index (χ3v) is 3.76. The lowest BCUT2D eigenvalue weighted by molar-refractivity contribution is -0.214. The van der Waals surface area contributed by atoms with Crippen LogP contribution in [-0.2, 0) is 11.2 Å². The quantitative estimate of drug-likeness (QED) is 0.927. The van der Waals surface area contributed by atoms with Gasteiger partial charge in [0.1, 0.15) is 5.41 Å². The third-order valence-electron chi connectivity index (χ3n) is 3.51. The van der Waals surface area contributed by atoms with Crippen LogP contribution in [0.25, 0.3) is 0 Å². The van der Waals surface area contributed by atoms with Gasteiger partial charge in [-0.05, 0) is 30.7 Å². The summed E-state index contributed by atoms with van der Waals surface area (Å²) in [4.78, 5) is 12.1. The molecule has 0 amide bonds. The average molecular weight is 292 g/mol. The SMILES string of the molecule is O=C(Cc1ccc(Cl)cc1)C1(C(F)(F)F)CCNC1. The fourth-order valence-electron chi connectivity index (χ4n) is 2.29. The highest BCUT2D eigenvalue weighted by atomic mass is 35.5. The molecule has 1 N–H and O–H groups in total. The Morgan fingerprint density at radius 1 is 1.32 bits per heavy atom. The van der Waals surface area contributed by atoms with E-state index in [4.69, 9.17) is 11.6 Å². The van der Waals surface area contributed by atoms with Gasteiger partial charge in [0.15, 0.2) is 5.78 Å². The highest BCUT2D eigenvalue weighted by molar-refractivity contribution is 6.30. The van der Waals surface area contributed by atoms with E-state index in [1.165, 1.54) is 0 Å². The summed E-state index contributed by atoms with van der Waals surface area (Å²) in [6.07, 6.45) is -4.93. The fraction of sp³-hybridized carbons (Fsp3) is 0.462. The molecule has 0 aromatic heterocycles. The molecule has 0 bridgehead atoms. The third kappa shape index (κ3) is 2.77. The van der Waals surface area contributed by atoms with E-state index < -0.39 is 17.4 Å². The highest BCUT2D eigenvalue weighted by Crippen LogP contribution is 2.44. The number of hydrogen-bond acceptors (Lipinski definition) is 2. The molecule has 1 aliphatic heterocycles. The van der Waals surface area contributed by atoms with Gasteiger partial charge in [0.05, 0.1) is 0 Å². The number of halogens is 4. The van der Waals surface area contributed by atoms with Crippen LogP contribution in [0.5, 0.6) is 0 Å². The monoisotopic (exact) mass is 291 g/mol. The zero-order valence-electron chi connectivity index (χ0n) is 10.1. The number of carbonyl (C=O) groups is 1. The molecule has 0 aliphatic carbocycles. The number of carbonyl (C=O) groups excluding carboxylic acids is 1. The summed E-state index contributed by atoms with van der Waals surface area (Å²) in [5, 5.41) is 3.12. The van der Waals surface area contributed by atoms with E-state index in [-0.39, 0.29) is 25.9 Å². The fourth-order valence-corrected chi connectivity index (χ4v) is 2.41. The van der Waals surface area contributed by atoms with Crippen molar-refractivity contribution in [2.75, 3.05) is 13.1 Å². The predicted octanol–water partition coefficient (Wildman–Crippen LogP) is 2.99. The van der Waals surface area contributed by atoms with Gasteiger partial charge in [-0.1, -0.05) is 23.7 Å². The van der Waals surface area contributed by atoms with Gasteiger partial charge in [-0.3, -0.25) is 4.79 Å². The molecule has 6 heteroatoms. The van der Waals surface area contributed by atoms with Crippen molar-refractivity contribution < 1.29 is 18.0 Å². The van der Waals surface area contributed by atoms with E-state index in [0.29, 0.717) is 10.6 Å². The van der Waals surface area contributed by atoms with Crippen LogP contribution >= 0.6 is 11.6 Å². The van der Waals surface area contributed by atoms with Gasteiger partial charge in [0.2, 0.25) is 0 Å². The number of ketones is 1. The van der Waals surface area contributed by atoms with Crippen LogP contribution < -0.4 is 5.32 Å². The maximum Gasteiger partial charge on any atom is 0.402 e. The molecule has 104 valence electrons. The topological polar surface area (TPSA) is 29.1 Å². The van der Waals surface area contributed by atoms with Crippen molar-refractivity contribution in [3.8, 4) is 0 Å². The van der Waals surface area contributed by atoms with Crippen molar-refractivity contribution in [1.29, 1.82) is 0 Å². The average Bonchev–Trinajstić information content (AvgIpc) is 2.82. The molecule has 0 saturated carbocycles. The van der Waals surface area contributed by atoms with Crippen molar-refractivity contribution >= 4 is 17.4 Å². The molecule has 1 aromatic rings. The molecule has 1 fully saturated rings. The Bertz CT molecular complexity index is 464. The first-order chi connectivity index (χ1) is 8.85. The summed E-state index contributed by atoms with van der Waals surface area (Å²) >= 11 is 5.70. The lowest BCUT2D eigenvalue weighted by Crippen LogP contribution is -2.47. The minimum Gasteiger partial charge on any atom is -0.315 e. The normalized spacial score (nSPS) is 23.6. The summed E-state index contributed by atoms with van der Waals surface area (Å²) in [6, 6.07) is 6.29. The van der Waals surface area contributed by atoms with E-state index in [2.05, 4.69) is 5.32 Å². The Morgan fingerprint density at radius 3 is 2.42 bits per heavy atom. The molecule has 1 unspecified atom stereocenters. The second kappa shape index (κ2) is 5.13. The number of hydrogen-bond donors (Lipinski definition) is 1. The van der Waals surface area contributed by atoms with Gasteiger partial charge in [0, 0.05) is 18.0 Å². The van der Waals surface area contributed by atoms with E-state index in [1.54, 1.807) is 24.3 Å². The summed E-state index contributed by atoms with van der Waals surface area (Å²) in [6.45, 7) is -0.116. The predicted molar refractivity (Wildman–Crippen MR) is 66.1 cm³/mol. The number of benzene rings is 1. The molecule has 0 spiro atoms. The first-order valence-electron chi connectivity index (χ1n) is 5.90. The standard InChI is InChI=1S/C13H13ClF3NO/c14-10-3-1-9(2-4-10)7-11(19)12(13(15,16)17)5-6-18-8-12/h1-4,18H,5-8H2. The van der Waals surface area contributed by atoms with Crippen molar-refractivity contribution in [2.45, 2.75) is 19.0 Å². The number of alkyl halides is 3. The van der Waals surface area contributed by atoms with Gasteiger partial charge in [-0.15, -0.1) is 0 Å². The number of Topliss-reactive ketones (excluding diaryl/α,β-unsaturated/α-hetero) is 1. The van der Waals surface area contributed by atoms with Crippen LogP contribution in [-0.4, -0.2) is 25.0 Å². The lowest BCUT2D eigenvalue weighted by Gasteiger charge is -2.29. The van der Waals surface area contributed by atoms with Gasteiger partial charge in [-0.2, -0.15) is 13.2 Å². The molecule has 1 aromatic carbocycles. The molecule has 1 heterocycles. The van der Waals surface area contributed by atoms with E-state index in [9.17, 15) is 18.0 Å². The van der Waals surface area contributed by atoms with Crippen LogP contribution in [0.4, 0.5) is 13.2 Å². The number of rotatable bonds is 3. The Kier molecular flexibility index (Phi) is 3.87. The van der Waals surface area contributed by atoms with Crippen molar-refractivity contribution in [1.82, 2.24) is 5.32 Å². The van der Waals surface area contributed by atoms with Crippen LogP contribution in [0.3, 0.4) is 0 Å². The Morgan fingerprint density at radius 2 is 1.95 bits per heavy atom. The van der Waals surface area contributed by atoms with Crippen LogP contribution in [0, 0.1) is 5.41 Å². The Balaban J connectivity index is 2.19. The summed E-state index contributed by atoms with van der Waals surface area (Å²) in [5.41, 5.74) is -1.70. The zero-order valence-corrected chi connectivity index (χ0v) is 10.8. The molecule has 1 saturated heterocycles. The molecule has 2 rings (SSSR count). The molecular weight excluding hydrogens is 279 g/mol. The number of nitrogens with one attached hydrogen (secondary N) is 1. The Labute approximate surface area is 113 Å². The van der Waals surface area contributed by atoms with Crippen LogP contribution in [0.15, 0.2) is 24.3 Å². The Hall–Kier alpha value is -1.07. The molecule has 1 atom stereocenters.